The number of benzene rings is 1. The van der Waals surface area contributed by atoms with Crippen molar-refractivity contribution in [3.63, 3.8) is 0 Å². The van der Waals surface area contributed by atoms with E-state index in [4.69, 9.17) is 9.47 Å². The molecule has 1 N–H and O–H groups in total. The molecule has 102 valence electrons. The van der Waals surface area contributed by atoms with Crippen molar-refractivity contribution in [3.05, 3.63) is 18.2 Å². The quantitative estimate of drug-likeness (QED) is 0.915. The van der Waals surface area contributed by atoms with Gasteiger partial charge in [-0.2, -0.15) is 0 Å². The number of nitrogens with one attached hydrogen (secondary N) is 1. The summed E-state index contributed by atoms with van der Waals surface area (Å²) in [6.07, 6.45) is 0. The Morgan fingerprint density at radius 1 is 1.26 bits per heavy atom. The average molecular weight is 282 g/mol. The number of ether oxygens (including phenoxy) is 2. The van der Waals surface area contributed by atoms with Gasteiger partial charge in [0, 0.05) is 23.9 Å². The number of amides is 3. The highest BCUT2D eigenvalue weighted by Crippen LogP contribution is 2.26. The van der Waals surface area contributed by atoms with Gasteiger partial charge >= 0.3 is 6.03 Å². The summed E-state index contributed by atoms with van der Waals surface area (Å²) in [5.74, 6) is 1.67. The third-order valence-electron chi connectivity index (χ3n) is 2.59. The minimum atomic E-state index is -0.440. The zero-order valence-electron chi connectivity index (χ0n) is 10.6. The second kappa shape index (κ2) is 5.83. The van der Waals surface area contributed by atoms with E-state index in [9.17, 15) is 9.59 Å². The van der Waals surface area contributed by atoms with Crippen LogP contribution in [0.15, 0.2) is 18.2 Å². The van der Waals surface area contributed by atoms with Crippen LogP contribution in [0.4, 0.5) is 10.5 Å². The molecule has 1 aromatic carbocycles. The third kappa shape index (κ3) is 3.11. The summed E-state index contributed by atoms with van der Waals surface area (Å²) < 4.78 is 10.2. The molecule has 0 atom stereocenters. The highest BCUT2D eigenvalue weighted by atomic mass is 32.2. The lowest BCUT2D eigenvalue weighted by molar-refractivity contribution is -0.123. The Kier molecular flexibility index (Phi) is 4.16. The molecule has 1 saturated heterocycles. The first-order valence-electron chi connectivity index (χ1n) is 5.56. The van der Waals surface area contributed by atoms with Gasteiger partial charge in [-0.1, -0.05) is 0 Å². The first-order chi connectivity index (χ1) is 9.13. The van der Waals surface area contributed by atoms with Crippen molar-refractivity contribution in [1.82, 2.24) is 4.90 Å². The Balaban J connectivity index is 2.13. The topological polar surface area (TPSA) is 67.9 Å². The molecule has 0 unspecified atom stereocenters. The lowest BCUT2D eigenvalue weighted by Crippen LogP contribution is -2.36. The highest BCUT2D eigenvalue weighted by molar-refractivity contribution is 8.00. The van der Waals surface area contributed by atoms with Gasteiger partial charge in [-0.05, 0) is 0 Å². The number of methoxy groups -OCH3 is 2. The molecule has 0 spiro atoms. The molecule has 2 rings (SSSR count). The summed E-state index contributed by atoms with van der Waals surface area (Å²) in [5.41, 5.74) is 0.519. The van der Waals surface area contributed by atoms with E-state index in [1.807, 2.05) is 0 Å². The van der Waals surface area contributed by atoms with Crippen LogP contribution in [-0.4, -0.2) is 42.7 Å². The van der Waals surface area contributed by atoms with Crippen molar-refractivity contribution >= 4 is 29.4 Å². The molecule has 1 aliphatic heterocycles. The minimum Gasteiger partial charge on any atom is -0.497 e. The molecule has 6 nitrogen and oxygen atoms in total. The molecule has 0 radical (unpaired) electrons. The van der Waals surface area contributed by atoms with Crippen molar-refractivity contribution in [3.8, 4) is 11.5 Å². The first kappa shape index (κ1) is 13.5. The number of carbonyl (C=O) groups excluding carboxylic acids is 2. The van der Waals surface area contributed by atoms with E-state index in [0.29, 0.717) is 28.8 Å². The van der Waals surface area contributed by atoms with Gasteiger partial charge in [-0.15, -0.1) is 11.8 Å². The zero-order valence-corrected chi connectivity index (χ0v) is 11.5. The SMILES string of the molecule is COc1cc(NC(=O)N2CSCC2=O)cc(OC)c1. The predicted molar refractivity (Wildman–Crippen MR) is 72.7 cm³/mol. The largest absolute Gasteiger partial charge is 0.497 e. The smallest absolute Gasteiger partial charge is 0.329 e. The minimum absolute atomic E-state index is 0.183. The molecular weight excluding hydrogens is 268 g/mol. The normalized spacial score (nSPS) is 14.4. The number of rotatable bonds is 3. The van der Waals surface area contributed by atoms with Crippen LogP contribution in [-0.2, 0) is 4.79 Å². The monoisotopic (exact) mass is 282 g/mol. The Bertz CT molecular complexity index is 484. The standard InChI is InChI=1S/C12H14N2O4S/c1-17-9-3-8(4-10(5-9)18-2)13-12(16)14-7-19-6-11(14)15/h3-5H,6-7H2,1-2H3,(H,13,16). The Hall–Kier alpha value is -1.89. The van der Waals surface area contributed by atoms with E-state index in [0.717, 1.165) is 0 Å². The number of anilines is 1. The lowest BCUT2D eigenvalue weighted by Gasteiger charge is -2.15. The maximum Gasteiger partial charge on any atom is 0.329 e. The second-order valence-electron chi connectivity index (χ2n) is 3.83. The van der Waals surface area contributed by atoms with E-state index in [1.165, 1.54) is 30.9 Å². The van der Waals surface area contributed by atoms with Gasteiger partial charge < -0.3 is 14.8 Å². The number of carbonyl (C=O) groups is 2. The van der Waals surface area contributed by atoms with Crippen LogP contribution in [0.3, 0.4) is 0 Å². The van der Waals surface area contributed by atoms with Crippen LogP contribution < -0.4 is 14.8 Å². The third-order valence-corrected chi connectivity index (χ3v) is 3.49. The van der Waals surface area contributed by atoms with Crippen LogP contribution in [0.2, 0.25) is 0 Å². The highest BCUT2D eigenvalue weighted by Gasteiger charge is 2.27. The van der Waals surface area contributed by atoms with Gasteiger partial charge in [0.1, 0.15) is 11.5 Å². The number of hydrogen-bond acceptors (Lipinski definition) is 5. The van der Waals surface area contributed by atoms with E-state index in [1.54, 1.807) is 18.2 Å². The molecule has 1 fully saturated rings. The van der Waals surface area contributed by atoms with Crippen LogP contribution in [0, 0.1) is 0 Å². The Morgan fingerprint density at radius 3 is 2.37 bits per heavy atom. The Morgan fingerprint density at radius 2 is 1.89 bits per heavy atom. The molecule has 0 aliphatic carbocycles. The van der Waals surface area contributed by atoms with Crippen LogP contribution in [0.25, 0.3) is 0 Å². The second-order valence-corrected chi connectivity index (χ2v) is 4.79. The van der Waals surface area contributed by atoms with Crippen molar-refractivity contribution in [2.45, 2.75) is 0 Å². The number of thioether (sulfide) groups is 1. The van der Waals surface area contributed by atoms with Gasteiger partial charge in [0.2, 0.25) is 5.91 Å². The molecule has 19 heavy (non-hydrogen) atoms. The summed E-state index contributed by atoms with van der Waals surface area (Å²) in [6.45, 7) is 0. The predicted octanol–water partition coefficient (Wildman–Crippen LogP) is 1.77. The molecule has 1 aromatic rings. The fourth-order valence-electron chi connectivity index (χ4n) is 1.62. The van der Waals surface area contributed by atoms with Gasteiger partial charge in [0.25, 0.3) is 0 Å². The number of imide groups is 1. The average Bonchev–Trinajstić information content (AvgIpc) is 2.84. The molecule has 0 saturated carbocycles. The van der Waals surface area contributed by atoms with Gasteiger partial charge in [0.15, 0.2) is 0 Å². The molecular formula is C12H14N2O4S. The van der Waals surface area contributed by atoms with Crippen molar-refractivity contribution in [2.75, 3.05) is 31.2 Å². The van der Waals surface area contributed by atoms with Crippen molar-refractivity contribution < 1.29 is 19.1 Å². The van der Waals surface area contributed by atoms with Gasteiger partial charge in [0.05, 0.1) is 25.8 Å². The van der Waals surface area contributed by atoms with Crippen molar-refractivity contribution in [1.29, 1.82) is 0 Å². The summed E-state index contributed by atoms with van der Waals surface area (Å²) in [4.78, 5) is 24.5. The molecule has 1 aliphatic rings. The summed E-state index contributed by atoms with van der Waals surface area (Å²) >= 11 is 1.41. The zero-order chi connectivity index (χ0) is 13.8. The van der Waals surface area contributed by atoms with E-state index in [2.05, 4.69) is 5.32 Å². The summed E-state index contributed by atoms with van der Waals surface area (Å²) in [5, 5.41) is 2.66. The summed E-state index contributed by atoms with van der Waals surface area (Å²) in [6, 6.07) is 4.58. The molecule has 7 heteroatoms. The van der Waals surface area contributed by atoms with E-state index in [-0.39, 0.29) is 5.91 Å². The Labute approximate surface area is 115 Å². The molecule has 0 aromatic heterocycles. The van der Waals surface area contributed by atoms with Crippen LogP contribution >= 0.6 is 11.8 Å². The fraction of sp³-hybridized carbons (Fsp3) is 0.333. The van der Waals surface area contributed by atoms with Crippen LogP contribution in [0.1, 0.15) is 0 Å². The van der Waals surface area contributed by atoms with E-state index >= 15 is 0 Å². The number of hydrogen-bond donors (Lipinski definition) is 1. The first-order valence-corrected chi connectivity index (χ1v) is 6.71. The lowest BCUT2D eigenvalue weighted by atomic mass is 10.3. The number of nitrogens with zero attached hydrogens (tertiary/aromatic N) is 1. The maximum atomic E-state index is 11.9. The molecule has 1 heterocycles. The maximum absolute atomic E-state index is 11.9. The molecule has 0 bridgehead atoms. The summed E-state index contributed by atoms with van der Waals surface area (Å²) in [7, 11) is 3.06. The molecule has 3 amide bonds. The van der Waals surface area contributed by atoms with Crippen molar-refractivity contribution in [2.24, 2.45) is 0 Å². The fourth-order valence-corrected chi connectivity index (χ4v) is 2.48. The van der Waals surface area contributed by atoms with Gasteiger partial charge in [-0.3, -0.25) is 9.69 Å². The van der Waals surface area contributed by atoms with E-state index < -0.39 is 6.03 Å². The van der Waals surface area contributed by atoms with Crippen LogP contribution in [0.5, 0.6) is 11.5 Å². The number of urea groups is 1. The van der Waals surface area contributed by atoms with Gasteiger partial charge in [-0.25, -0.2) is 4.79 Å².